The summed E-state index contributed by atoms with van der Waals surface area (Å²) >= 11 is 0. The highest BCUT2D eigenvalue weighted by Crippen LogP contribution is 2.23. The molecule has 1 fully saturated rings. The molecule has 7 heteroatoms. The van der Waals surface area contributed by atoms with Crippen molar-refractivity contribution in [1.82, 2.24) is 15.5 Å². The van der Waals surface area contributed by atoms with E-state index in [1.807, 2.05) is 6.92 Å². The van der Waals surface area contributed by atoms with Crippen LogP contribution in [0, 0.1) is 0 Å². The summed E-state index contributed by atoms with van der Waals surface area (Å²) in [6, 6.07) is 5.57. The molecule has 0 aromatic heterocycles. The fourth-order valence-electron chi connectivity index (χ4n) is 2.71. The second-order valence-corrected chi connectivity index (χ2v) is 6.07. The van der Waals surface area contributed by atoms with Crippen molar-refractivity contribution in [2.75, 3.05) is 46.5 Å². The molecule has 7 nitrogen and oxygen atoms in total. The Morgan fingerprint density at radius 3 is 2.80 bits per heavy atom. The van der Waals surface area contributed by atoms with Crippen LogP contribution in [0.2, 0.25) is 0 Å². The number of morpholine rings is 1. The first kappa shape index (κ1) is 19.3. The lowest BCUT2D eigenvalue weighted by Crippen LogP contribution is -2.49. The number of hydrogen-bond donors (Lipinski definition) is 3. The number of phenols is 1. The highest BCUT2D eigenvalue weighted by atomic mass is 16.5. The van der Waals surface area contributed by atoms with E-state index < -0.39 is 0 Å². The molecule has 0 amide bonds. The number of phenolic OH excluding ortho intramolecular Hbond substituents is 1. The third-order valence-electron chi connectivity index (χ3n) is 4.27. The smallest absolute Gasteiger partial charge is 0.191 e. The Hall–Kier alpha value is -1.99. The molecule has 1 aromatic rings. The molecule has 3 N–H and O–H groups in total. The minimum atomic E-state index is 0.224. The van der Waals surface area contributed by atoms with E-state index in [0.29, 0.717) is 18.3 Å². The van der Waals surface area contributed by atoms with Crippen molar-refractivity contribution in [2.24, 2.45) is 4.99 Å². The number of nitrogens with zero attached hydrogens (tertiary/aromatic N) is 2. The topological polar surface area (TPSA) is 78.4 Å². The molecule has 1 atom stereocenters. The molecule has 0 aliphatic carbocycles. The average Bonchev–Trinajstić information content (AvgIpc) is 2.65. The van der Waals surface area contributed by atoms with Crippen LogP contribution in [0.25, 0.3) is 0 Å². The van der Waals surface area contributed by atoms with E-state index in [4.69, 9.17) is 9.47 Å². The van der Waals surface area contributed by atoms with Crippen LogP contribution < -0.4 is 15.4 Å². The van der Waals surface area contributed by atoms with Gasteiger partial charge in [-0.05, 0) is 32.0 Å². The fourth-order valence-corrected chi connectivity index (χ4v) is 2.71. The summed E-state index contributed by atoms with van der Waals surface area (Å²) in [5, 5.41) is 16.6. The normalized spacial score (nSPS) is 17.2. The first-order valence-corrected chi connectivity index (χ1v) is 8.84. The van der Waals surface area contributed by atoms with Crippen LogP contribution in [0.4, 0.5) is 0 Å². The second-order valence-electron chi connectivity index (χ2n) is 6.07. The molecule has 0 spiro atoms. The van der Waals surface area contributed by atoms with E-state index in [-0.39, 0.29) is 5.75 Å². The minimum absolute atomic E-state index is 0.224. The number of aliphatic imine (C=N–C) groups is 1. The quantitative estimate of drug-likeness (QED) is 0.506. The summed E-state index contributed by atoms with van der Waals surface area (Å²) in [7, 11) is 1.61. The summed E-state index contributed by atoms with van der Waals surface area (Å²) < 4.78 is 10.6. The Labute approximate surface area is 150 Å². The molecule has 0 radical (unpaired) electrons. The second kappa shape index (κ2) is 10.1. The summed E-state index contributed by atoms with van der Waals surface area (Å²) in [5.74, 6) is 1.67. The Balaban J connectivity index is 1.93. The predicted molar refractivity (Wildman–Crippen MR) is 99.3 cm³/mol. The first-order chi connectivity index (χ1) is 12.1. The third-order valence-corrected chi connectivity index (χ3v) is 4.27. The van der Waals surface area contributed by atoms with E-state index in [1.165, 1.54) is 0 Å². The van der Waals surface area contributed by atoms with E-state index in [2.05, 4.69) is 27.4 Å². The van der Waals surface area contributed by atoms with Crippen molar-refractivity contribution >= 4 is 5.96 Å². The lowest BCUT2D eigenvalue weighted by atomic mass is 10.2. The van der Waals surface area contributed by atoms with Crippen molar-refractivity contribution in [2.45, 2.75) is 26.4 Å². The van der Waals surface area contributed by atoms with Crippen LogP contribution >= 0.6 is 0 Å². The molecule has 1 aliphatic heterocycles. The van der Waals surface area contributed by atoms with Gasteiger partial charge < -0.3 is 25.2 Å². The number of hydrogen-bond acceptors (Lipinski definition) is 5. The van der Waals surface area contributed by atoms with E-state index in [0.717, 1.165) is 50.9 Å². The maximum Gasteiger partial charge on any atom is 0.191 e. The molecule has 0 saturated carbocycles. The number of aromatic hydroxyl groups is 1. The maximum atomic E-state index is 9.98. The van der Waals surface area contributed by atoms with Crippen LogP contribution in [-0.2, 0) is 11.3 Å². The molecule has 1 heterocycles. The molecule has 1 aromatic carbocycles. The van der Waals surface area contributed by atoms with Gasteiger partial charge in [-0.15, -0.1) is 0 Å². The van der Waals surface area contributed by atoms with Crippen molar-refractivity contribution in [3.63, 3.8) is 0 Å². The molecule has 2 rings (SSSR count). The van der Waals surface area contributed by atoms with Gasteiger partial charge in [0.1, 0.15) is 11.5 Å². The van der Waals surface area contributed by atoms with Crippen molar-refractivity contribution in [1.29, 1.82) is 0 Å². The standard InChI is InChI=1S/C18H30N4O3/c1-4-19-18(20-12-14(2)22-7-9-25-10-8-22)21-13-15-11-16(24-3)5-6-17(15)23/h5-6,11,14,23H,4,7-10,12-13H2,1-3H3,(H2,19,20,21). The van der Waals surface area contributed by atoms with Crippen molar-refractivity contribution in [3.8, 4) is 11.5 Å². The molecular weight excluding hydrogens is 320 g/mol. The Kier molecular flexibility index (Phi) is 7.81. The summed E-state index contributed by atoms with van der Waals surface area (Å²) in [6.45, 7) is 9.73. The maximum absolute atomic E-state index is 9.98. The molecule has 140 valence electrons. The predicted octanol–water partition coefficient (Wildman–Crippen LogP) is 1.18. The Morgan fingerprint density at radius 1 is 1.36 bits per heavy atom. The average molecular weight is 350 g/mol. The number of rotatable bonds is 7. The lowest BCUT2D eigenvalue weighted by Gasteiger charge is -2.32. The zero-order valence-electron chi connectivity index (χ0n) is 15.4. The fraction of sp³-hybridized carbons (Fsp3) is 0.611. The van der Waals surface area contributed by atoms with Crippen LogP contribution in [0.3, 0.4) is 0 Å². The highest BCUT2D eigenvalue weighted by Gasteiger charge is 2.17. The number of benzene rings is 1. The van der Waals surface area contributed by atoms with Gasteiger partial charge in [0.05, 0.1) is 26.9 Å². The van der Waals surface area contributed by atoms with Crippen molar-refractivity contribution < 1.29 is 14.6 Å². The largest absolute Gasteiger partial charge is 0.508 e. The molecular formula is C18H30N4O3. The molecule has 0 bridgehead atoms. The van der Waals surface area contributed by atoms with E-state index in [9.17, 15) is 5.11 Å². The Bertz CT molecular complexity index is 559. The van der Waals surface area contributed by atoms with Gasteiger partial charge in [-0.3, -0.25) is 4.90 Å². The molecule has 1 aliphatic rings. The summed E-state index contributed by atoms with van der Waals surface area (Å²) in [5.41, 5.74) is 0.734. The third kappa shape index (κ3) is 6.10. The number of methoxy groups -OCH3 is 1. The van der Waals surface area contributed by atoms with Gasteiger partial charge in [-0.2, -0.15) is 0 Å². The SMILES string of the molecule is CCNC(=NCc1cc(OC)ccc1O)NCC(C)N1CCOCC1. The van der Waals surface area contributed by atoms with E-state index in [1.54, 1.807) is 25.3 Å². The lowest BCUT2D eigenvalue weighted by molar-refractivity contribution is 0.0211. The monoisotopic (exact) mass is 350 g/mol. The van der Waals surface area contributed by atoms with Crippen LogP contribution in [0.5, 0.6) is 11.5 Å². The molecule has 1 saturated heterocycles. The number of guanidine groups is 1. The van der Waals surface area contributed by atoms with Gasteiger partial charge in [-0.1, -0.05) is 0 Å². The van der Waals surface area contributed by atoms with Gasteiger partial charge in [0.2, 0.25) is 0 Å². The zero-order valence-corrected chi connectivity index (χ0v) is 15.4. The zero-order chi connectivity index (χ0) is 18.1. The van der Waals surface area contributed by atoms with Gasteiger partial charge in [0, 0.05) is 37.8 Å². The Morgan fingerprint density at radius 2 is 2.12 bits per heavy atom. The van der Waals surface area contributed by atoms with Crippen LogP contribution in [0.15, 0.2) is 23.2 Å². The highest BCUT2D eigenvalue weighted by molar-refractivity contribution is 5.79. The number of ether oxygens (including phenoxy) is 2. The van der Waals surface area contributed by atoms with Crippen molar-refractivity contribution in [3.05, 3.63) is 23.8 Å². The van der Waals surface area contributed by atoms with Gasteiger partial charge in [0.15, 0.2) is 5.96 Å². The van der Waals surface area contributed by atoms with Crippen LogP contribution in [0.1, 0.15) is 19.4 Å². The number of nitrogens with one attached hydrogen (secondary N) is 2. The van der Waals surface area contributed by atoms with Gasteiger partial charge in [-0.25, -0.2) is 4.99 Å². The van der Waals surface area contributed by atoms with E-state index >= 15 is 0 Å². The summed E-state index contributed by atoms with van der Waals surface area (Å²) in [4.78, 5) is 6.98. The van der Waals surface area contributed by atoms with Gasteiger partial charge >= 0.3 is 0 Å². The molecule has 1 unspecified atom stereocenters. The minimum Gasteiger partial charge on any atom is -0.508 e. The van der Waals surface area contributed by atoms with Crippen LogP contribution in [-0.4, -0.2) is 68.5 Å². The van der Waals surface area contributed by atoms with Gasteiger partial charge in [0.25, 0.3) is 0 Å². The summed E-state index contributed by atoms with van der Waals surface area (Å²) in [6.07, 6.45) is 0. The molecule has 25 heavy (non-hydrogen) atoms. The first-order valence-electron chi connectivity index (χ1n) is 8.84.